The molecule has 3 heteroatoms. The molecule has 0 saturated heterocycles. The monoisotopic (exact) mass is 242 g/mol. The predicted molar refractivity (Wildman–Crippen MR) is 73.2 cm³/mol. The Bertz CT molecular complexity index is 212. The highest BCUT2D eigenvalue weighted by molar-refractivity contribution is 4.85. The van der Waals surface area contributed by atoms with Crippen LogP contribution in [0.1, 0.15) is 47.0 Å². The Morgan fingerprint density at radius 2 is 2.00 bits per heavy atom. The summed E-state index contributed by atoms with van der Waals surface area (Å²) in [6.45, 7) is 12.2. The van der Waals surface area contributed by atoms with E-state index in [-0.39, 0.29) is 12.0 Å². The fourth-order valence-corrected chi connectivity index (χ4v) is 2.36. The van der Waals surface area contributed by atoms with E-state index in [9.17, 15) is 0 Å². The van der Waals surface area contributed by atoms with Gasteiger partial charge in [-0.2, -0.15) is 0 Å². The molecular weight excluding hydrogens is 212 g/mol. The van der Waals surface area contributed by atoms with Gasteiger partial charge in [-0.05, 0) is 18.3 Å². The minimum Gasteiger partial charge on any atom is -0.395 e. The van der Waals surface area contributed by atoms with Crippen molar-refractivity contribution in [1.29, 1.82) is 0 Å². The minimum absolute atomic E-state index is 0.273. The standard InChI is InChI=1S/C14H30N2O/c1-12(2)15-10-14(3,4)11-16(8-9-17)13-6-5-7-13/h12-13,15,17H,5-11H2,1-4H3. The lowest BCUT2D eigenvalue weighted by Gasteiger charge is -2.42. The third-order valence-corrected chi connectivity index (χ3v) is 3.60. The number of rotatable bonds is 8. The van der Waals surface area contributed by atoms with Crippen LogP contribution in [0.25, 0.3) is 0 Å². The summed E-state index contributed by atoms with van der Waals surface area (Å²) in [6, 6.07) is 1.27. The molecule has 1 fully saturated rings. The Labute approximate surface area is 107 Å². The van der Waals surface area contributed by atoms with E-state index in [1.165, 1.54) is 19.3 Å². The van der Waals surface area contributed by atoms with E-state index < -0.39 is 0 Å². The first-order chi connectivity index (χ1) is 7.94. The summed E-state index contributed by atoms with van der Waals surface area (Å²) in [5, 5.41) is 12.7. The van der Waals surface area contributed by atoms with Crippen molar-refractivity contribution >= 4 is 0 Å². The van der Waals surface area contributed by atoms with Gasteiger partial charge in [-0.25, -0.2) is 0 Å². The maximum absolute atomic E-state index is 9.16. The first-order valence-corrected chi connectivity index (χ1v) is 7.03. The maximum Gasteiger partial charge on any atom is 0.0558 e. The summed E-state index contributed by atoms with van der Waals surface area (Å²) in [6.07, 6.45) is 3.98. The number of nitrogens with one attached hydrogen (secondary N) is 1. The molecule has 0 aromatic carbocycles. The number of nitrogens with zero attached hydrogens (tertiary/aromatic N) is 1. The van der Waals surface area contributed by atoms with Crippen molar-refractivity contribution in [2.45, 2.75) is 59.0 Å². The molecule has 0 atom stereocenters. The Kier molecular flexibility index (Phi) is 5.90. The van der Waals surface area contributed by atoms with Gasteiger partial charge in [-0.3, -0.25) is 4.90 Å². The fraction of sp³-hybridized carbons (Fsp3) is 1.00. The molecule has 0 aromatic rings. The van der Waals surface area contributed by atoms with Crippen molar-refractivity contribution in [3.8, 4) is 0 Å². The van der Waals surface area contributed by atoms with E-state index >= 15 is 0 Å². The minimum atomic E-state index is 0.273. The van der Waals surface area contributed by atoms with Gasteiger partial charge in [0.05, 0.1) is 6.61 Å². The molecule has 102 valence electrons. The zero-order valence-electron chi connectivity index (χ0n) is 12.0. The molecule has 0 amide bonds. The van der Waals surface area contributed by atoms with Gasteiger partial charge >= 0.3 is 0 Å². The van der Waals surface area contributed by atoms with E-state index in [0.29, 0.717) is 6.04 Å². The zero-order chi connectivity index (χ0) is 12.9. The molecule has 2 N–H and O–H groups in total. The highest BCUT2D eigenvalue weighted by Crippen LogP contribution is 2.27. The Morgan fingerprint density at radius 3 is 2.41 bits per heavy atom. The third kappa shape index (κ3) is 5.36. The molecule has 1 aliphatic rings. The first-order valence-electron chi connectivity index (χ1n) is 7.03. The van der Waals surface area contributed by atoms with E-state index in [2.05, 4.69) is 37.9 Å². The fourth-order valence-electron chi connectivity index (χ4n) is 2.36. The second-order valence-corrected chi connectivity index (χ2v) is 6.48. The van der Waals surface area contributed by atoms with Crippen LogP contribution in [-0.4, -0.2) is 48.3 Å². The molecule has 0 spiro atoms. The van der Waals surface area contributed by atoms with Gasteiger partial charge < -0.3 is 10.4 Å². The van der Waals surface area contributed by atoms with Gasteiger partial charge in [-0.15, -0.1) is 0 Å². The van der Waals surface area contributed by atoms with E-state index in [4.69, 9.17) is 5.11 Å². The average molecular weight is 242 g/mol. The Morgan fingerprint density at radius 1 is 1.35 bits per heavy atom. The summed E-state index contributed by atoms with van der Waals surface area (Å²) in [5.74, 6) is 0. The second kappa shape index (κ2) is 6.72. The lowest BCUT2D eigenvalue weighted by molar-refractivity contribution is 0.0635. The summed E-state index contributed by atoms with van der Waals surface area (Å²) < 4.78 is 0. The highest BCUT2D eigenvalue weighted by Gasteiger charge is 2.29. The van der Waals surface area contributed by atoms with Crippen molar-refractivity contribution in [2.75, 3.05) is 26.2 Å². The molecule has 3 nitrogen and oxygen atoms in total. The molecule has 0 heterocycles. The van der Waals surface area contributed by atoms with Crippen molar-refractivity contribution < 1.29 is 5.11 Å². The normalized spacial score (nSPS) is 17.8. The number of aliphatic hydroxyl groups is 1. The van der Waals surface area contributed by atoms with Crippen LogP contribution >= 0.6 is 0 Å². The summed E-state index contributed by atoms with van der Waals surface area (Å²) in [4.78, 5) is 2.48. The largest absolute Gasteiger partial charge is 0.395 e. The topological polar surface area (TPSA) is 35.5 Å². The lowest BCUT2D eigenvalue weighted by atomic mass is 9.87. The van der Waals surface area contributed by atoms with Gasteiger partial charge in [-0.1, -0.05) is 34.1 Å². The van der Waals surface area contributed by atoms with Crippen LogP contribution in [0.4, 0.5) is 0 Å². The van der Waals surface area contributed by atoms with Gasteiger partial charge in [0.1, 0.15) is 0 Å². The van der Waals surface area contributed by atoms with Crippen LogP contribution in [-0.2, 0) is 0 Å². The van der Waals surface area contributed by atoms with Crippen LogP contribution in [0.5, 0.6) is 0 Å². The maximum atomic E-state index is 9.16. The highest BCUT2D eigenvalue weighted by atomic mass is 16.3. The summed E-state index contributed by atoms with van der Waals surface area (Å²) in [7, 11) is 0. The summed E-state index contributed by atoms with van der Waals surface area (Å²) >= 11 is 0. The van der Waals surface area contributed by atoms with E-state index in [1.54, 1.807) is 0 Å². The van der Waals surface area contributed by atoms with Gasteiger partial charge in [0.2, 0.25) is 0 Å². The number of aliphatic hydroxyl groups excluding tert-OH is 1. The quantitative estimate of drug-likeness (QED) is 0.682. The van der Waals surface area contributed by atoms with Crippen LogP contribution in [0, 0.1) is 5.41 Å². The molecule has 0 unspecified atom stereocenters. The Balaban J connectivity index is 2.40. The molecule has 17 heavy (non-hydrogen) atoms. The molecule has 0 bridgehead atoms. The summed E-state index contributed by atoms with van der Waals surface area (Å²) in [5.41, 5.74) is 0.273. The SMILES string of the molecule is CC(C)NCC(C)(C)CN(CCO)C1CCC1. The van der Waals surface area contributed by atoms with Crippen LogP contribution in [0.3, 0.4) is 0 Å². The molecule has 1 rings (SSSR count). The smallest absolute Gasteiger partial charge is 0.0558 e. The van der Waals surface area contributed by atoms with E-state index in [1.807, 2.05) is 0 Å². The number of hydrogen-bond donors (Lipinski definition) is 2. The van der Waals surface area contributed by atoms with Crippen LogP contribution < -0.4 is 5.32 Å². The van der Waals surface area contributed by atoms with Crippen LogP contribution in [0.15, 0.2) is 0 Å². The molecule has 1 aliphatic carbocycles. The van der Waals surface area contributed by atoms with Gasteiger partial charge in [0.25, 0.3) is 0 Å². The van der Waals surface area contributed by atoms with Crippen molar-refractivity contribution in [3.05, 3.63) is 0 Å². The second-order valence-electron chi connectivity index (χ2n) is 6.48. The van der Waals surface area contributed by atoms with Crippen molar-refractivity contribution in [1.82, 2.24) is 10.2 Å². The Hall–Kier alpha value is -0.120. The predicted octanol–water partition coefficient (Wildman–Crippen LogP) is 1.86. The van der Waals surface area contributed by atoms with Gasteiger partial charge in [0.15, 0.2) is 0 Å². The lowest BCUT2D eigenvalue weighted by Crippen LogP contribution is -2.49. The molecule has 0 radical (unpaired) electrons. The third-order valence-electron chi connectivity index (χ3n) is 3.60. The molecule has 0 aromatic heterocycles. The zero-order valence-corrected chi connectivity index (χ0v) is 12.0. The number of hydrogen-bond acceptors (Lipinski definition) is 3. The van der Waals surface area contributed by atoms with Crippen molar-refractivity contribution in [3.63, 3.8) is 0 Å². The van der Waals surface area contributed by atoms with E-state index in [0.717, 1.165) is 25.7 Å². The average Bonchev–Trinajstić information content (AvgIpc) is 2.12. The van der Waals surface area contributed by atoms with Crippen LogP contribution in [0.2, 0.25) is 0 Å². The molecule has 0 aliphatic heterocycles. The molecular formula is C14H30N2O. The molecule has 1 saturated carbocycles. The van der Waals surface area contributed by atoms with Crippen molar-refractivity contribution in [2.24, 2.45) is 5.41 Å². The van der Waals surface area contributed by atoms with Gasteiger partial charge in [0, 0.05) is 31.7 Å². The first kappa shape index (κ1) is 14.9.